The smallest absolute Gasteiger partial charge is 0.0931 e. The van der Waals surface area contributed by atoms with Crippen molar-refractivity contribution in [2.45, 2.75) is 104 Å². The molecule has 0 saturated carbocycles. The topological polar surface area (TPSA) is 0 Å². The molecule has 0 amide bonds. The lowest BCUT2D eigenvalue weighted by Crippen LogP contribution is -3.00. The van der Waals surface area contributed by atoms with Crippen LogP contribution in [-0.2, 0) is 0 Å². The van der Waals surface area contributed by atoms with Gasteiger partial charge in [0.15, 0.2) is 0 Å². The van der Waals surface area contributed by atoms with Crippen LogP contribution in [0.2, 0.25) is 0 Å². The van der Waals surface area contributed by atoms with Crippen LogP contribution in [0.1, 0.15) is 98.3 Å². The normalized spacial score (nSPS) is 12.3. The summed E-state index contributed by atoms with van der Waals surface area (Å²) in [5, 5.41) is 0. The fraction of sp³-hybridized carbons (Fsp3) is 1.00. The van der Waals surface area contributed by atoms with E-state index in [1.54, 1.807) is 0 Å². The van der Waals surface area contributed by atoms with E-state index < -0.39 is 0 Å². The van der Waals surface area contributed by atoms with Crippen molar-refractivity contribution in [1.82, 2.24) is 0 Å². The first-order chi connectivity index (χ1) is 9.37. The van der Waals surface area contributed by atoms with Crippen molar-refractivity contribution in [3.05, 3.63) is 0 Å². The Bertz CT molecular complexity index is 224. The predicted molar refractivity (Wildman–Crippen MR) is 93.2 cm³/mol. The van der Waals surface area contributed by atoms with E-state index in [9.17, 15) is 0 Å². The van der Waals surface area contributed by atoms with E-state index >= 15 is 0 Å². The highest BCUT2D eigenvalue weighted by Gasteiger charge is 2.33. The number of hydrogen-bond acceptors (Lipinski definition) is 0. The summed E-state index contributed by atoms with van der Waals surface area (Å²) in [5.74, 6) is 0. The maximum atomic E-state index is 2.43. The molecule has 1 nitrogen and oxygen atoms in total. The van der Waals surface area contributed by atoms with Crippen molar-refractivity contribution in [2.75, 3.05) is 20.6 Å². The average Bonchev–Trinajstić information content (AvgIpc) is 2.40. The largest absolute Gasteiger partial charge is 1.00 e. The molecular weight excluding hydrogens is 278 g/mol. The van der Waals surface area contributed by atoms with Gasteiger partial charge < -0.3 is 16.9 Å². The van der Waals surface area contributed by atoms with Gasteiger partial charge in [-0.25, -0.2) is 0 Å². The molecule has 0 fully saturated rings. The van der Waals surface area contributed by atoms with E-state index in [-0.39, 0.29) is 12.4 Å². The second kappa shape index (κ2) is 12.8. The zero-order valence-electron chi connectivity index (χ0n) is 15.8. The Morgan fingerprint density at radius 1 is 0.667 bits per heavy atom. The monoisotopic (exact) mass is 319 g/mol. The van der Waals surface area contributed by atoms with Gasteiger partial charge in [-0.2, -0.15) is 0 Å². The lowest BCUT2D eigenvalue weighted by Gasteiger charge is -2.44. The lowest BCUT2D eigenvalue weighted by atomic mass is 9.92. The second-order valence-corrected chi connectivity index (χ2v) is 7.75. The van der Waals surface area contributed by atoms with Gasteiger partial charge in [0, 0.05) is 6.42 Å². The van der Waals surface area contributed by atoms with Crippen molar-refractivity contribution < 1.29 is 16.9 Å². The molecule has 0 rings (SSSR count). The highest BCUT2D eigenvalue weighted by atomic mass is 35.5. The van der Waals surface area contributed by atoms with Crippen LogP contribution in [0.4, 0.5) is 0 Å². The molecule has 0 saturated heterocycles. The molecule has 0 aromatic carbocycles. The maximum Gasteiger partial charge on any atom is 0.0931 e. The summed E-state index contributed by atoms with van der Waals surface area (Å²) < 4.78 is 1.14. The second-order valence-electron chi connectivity index (χ2n) is 7.75. The zero-order valence-corrected chi connectivity index (χ0v) is 16.6. The number of unbranched alkanes of at least 4 members (excludes halogenated alkanes) is 9. The van der Waals surface area contributed by atoms with E-state index in [0.717, 1.165) is 4.48 Å². The maximum absolute atomic E-state index is 2.43. The van der Waals surface area contributed by atoms with Crippen LogP contribution in [0.15, 0.2) is 0 Å². The Morgan fingerprint density at radius 2 is 1.05 bits per heavy atom. The third kappa shape index (κ3) is 10.6. The summed E-state index contributed by atoms with van der Waals surface area (Å²) in [6.45, 7) is 10.7. The minimum absolute atomic E-state index is 0. The predicted octanol–water partition coefficient (Wildman–Crippen LogP) is 3.18. The first-order valence-electron chi connectivity index (χ1n) is 9.20. The molecule has 0 heterocycles. The summed E-state index contributed by atoms with van der Waals surface area (Å²) in [6.07, 6.45) is 15.7. The van der Waals surface area contributed by atoms with Gasteiger partial charge >= 0.3 is 0 Å². The number of halogens is 1. The molecule has 0 N–H and O–H groups in total. The third-order valence-electron chi connectivity index (χ3n) is 5.57. The number of rotatable bonds is 13. The van der Waals surface area contributed by atoms with Crippen LogP contribution in [0.5, 0.6) is 0 Å². The minimum atomic E-state index is 0. The molecule has 21 heavy (non-hydrogen) atoms. The fourth-order valence-corrected chi connectivity index (χ4v) is 2.78. The van der Waals surface area contributed by atoms with E-state index in [2.05, 4.69) is 41.8 Å². The molecule has 0 aromatic rings. The Hall–Kier alpha value is 0.250. The summed E-state index contributed by atoms with van der Waals surface area (Å²) in [5.41, 5.74) is 0.425. The van der Waals surface area contributed by atoms with Gasteiger partial charge in [-0.05, 0) is 27.2 Å². The van der Waals surface area contributed by atoms with Crippen LogP contribution in [0.25, 0.3) is 0 Å². The van der Waals surface area contributed by atoms with Crippen molar-refractivity contribution in [1.29, 1.82) is 0 Å². The van der Waals surface area contributed by atoms with Gasteiger partial charge in [0.25, 0.3) is 0 Å². The van der Waals surface area contributed by atoms with E-state index in [1.165, 1.54) is 77.2 Å². The molecule has 0 bridgehead atoms. The minimum Gasteiger partial charge on any atom is -1.00 e. The molecule has 0 aliphatic heterocycles. The van der Waals surface area contributed by atoms with E-state index in [1.807, 2.05) is 0 Å². The van der Waals surface area contributed by atoms with Crippen LogP contribution < -0.4 is 12.4 Å². The Balaban J connectivity index is 0. The number of quaternary nitrogens is 1. The summed E-state index contributed by atoms with van der Waals surface area (Å²) in [6, 6.07) is 0. The van der Waals surface area contributed by atoms with Crippen LogP contribution in [0.3, 0.4) is 0 Å². The summed E-state index contributed by atoms with van der Waals surface area (Å²) in [4.78, 5) is 0. The van der Waals surface area contributed by atoms with Crippen LogP contribution in [-0.4, -0.2) is 30.7 Å². The fourth-order valence-electron chi connectivity index (χ4n) is 2.78. The van der Waals surface area contributed by atoms with E-state index in [0.29, 0.717) is 5.54 Å². The summed E-state index contributed by atoms with van der Waals surface area (Å²) >= 11 is 0. The Morgan fingerprint density at radius 3 is 1.43 bits per heavy atom. The van der Waals surface area contributed by atoms with Gasteiger partial charge in [0.2, 0.25) is 0 Å². The van der Waals surface area contributed by atoms with E-state index in [4.69, 9.17) is 0 Å². The third-order valence-corrected chi connectivity index (χ3v) is 5.57. The first-order valence-corrected chi connectivity index (χ1v) is 9.20. The van der Waals surface area contributed by atoms with Gasteiger partial charge in [-0.3, -0.25) is 0 Å². The van der Waals surface area contributed by atoms with Crippen LogP contribution >= 0.6 is 0 Å². The molecule has 0 aliphatic carbocycles. The molecular formula is C19H42ClN. The van der Waals surface area contributed by atoms with Gasteiger partial charge in [0.05, 0.1) is 26.2 Å². The quantitative estimate of drug-likeness (QED) is 0.361. The van der Waals surface area contributed by atoms with Crippen LogP contribution in [0, 0.1) is 0 Å². The standard InChI is InChI=1S/C19H42N.ClH/c1-7-9-10-11-12-13-14-15-16-17-18-19(3,4)20(5,6)8-2;/h7-18H2,1-6H3;1H/q+1;/p-1. The van der Waals surface area contributed by atoms with Crippen molar-refractivity contribution >= 4 is 0 Å². The molecule has 2 heteroatoms. The first kappa shape index (κ1) is 23.5. The van der Waals surface area contributed by atoms with Gasteiger partial charge in [0.1, 0.15) is 0 Å². The molecule has 0 radical (unpaired) electrons. The summed E-state index contributed by atoms with van der Waals surface area (Å²) in [7, 11) is 4.74. The molecule has 0 atom stereocenters. The highest BCUT2D eigenvalue weighted by Crippen LogP contribution is 2.26. The average molecular weight is 320 g/mol. The zero-order chi connectivity index (χ0) is 15.5. The number of hydrogen-bond donors (Lipinski definition) is 0. The Kier molecular flexibility index (Phi) is 14.3. The number of nitrogens with zero attached hydrogens (tertiary/aromatic N) is 1. The van der Waals surface area contributed by atoms with Crippen molar-refractivity contribution in [3.63, 3.8) is 0 Å². The lowest BCUT2D eigenvalue weighted by molar-refractivity contribution is -0.936. The van der Waals surface area contributed by atoms with Crippen molar-refractivity contribution in [3.8, 4) is 0 Å². The highest BCUT2D eigenvalue weighted by molar-refractivity contribution is 4.69. The molecule has 0 spiro atoms. The molecule has 0 aromatic heterocycles. The molecule has 0 unspecified atom stereocenters. The molecule has 130 valence electrons. The van der Waals surface area contributed by atoms with Gasteiger partial charge in [-0.15, -0.1) is 0 Å². The Labute approximate surface area is 141 Å². The van der Waals surface area contributed by atoms with Gasteiger partial charge in [-0.1, -0.05) is 64.7 Å². The van der Waals surface area contributed by atoms with Crippen molar-refractivity contribution in [2.24, 2.45) is 0 Å². The SMILES string of the molecule is CCCCCCCCCCCCC(C)(C)[N+](C)(C)CC.[Cl-]. The molecule has 0 aliphatic rings.